The molecule has 1 rings (SSSR count). The van der Waals surface area contributed by atoms with Gasteiger partial charge >= 0.3 is 0 Å². The Labute approximate surface area is 87.7 Å². The van der Waals surface area contributed by atoms with Crippen molar-refractivity contribution in [3.8, 4) is 0 Å². The number of rotatable bonds is 3. The minimum absolute atomic E-state index is 0.309. The summed E-state index contributed by atoms with van der Waals surface area (Å²) in [7, 11) is 0. The molecule has 0 heterocycles. The van der Waals surface area contributed by atoms with E-state index < -0.39 is 0 Å². The molecule has 14 heavy (non-hydrogen) atoms. The molecule has 0 spiro atoms. The molecule has 0 N–H and O–H groups in total. The van der Waals surface area contributed by atoms with Crippen LogP contribution in [-0.2, 0) is 4.79 Å². The van der Waals surface area contributed by atoms with E-state index in [-0.39, 0.29) is 0 Å². The number of carbonyl (C=O) groups is 1. The van der Waals surface area contributed by atoms with Crippen molar-refractivity contribution in [2.24, 2.45) is 11.8 Å². The summed E-state index contributed by atoms with van der Waals surface area (Å²) in [4.78, 5) is 14.1. The zero-order valence-corrected chi connectivity index (χ0v) is 9.75. The Morgan fingerprint density at radius 2 is 1.79 bits per heavy atom. The van der Waals surface area contributed by atoms with Gasteiger partial charge in [0.1, 0.15) is 0 Å². The molecule has 1 aliphatic rings. The molecule has 82 valence electrons. The van der Waals surface area contributed by atoms with E-state index >= 15 is 0 Å². The molecule has 0 radical (unpaired) electrons. The van der Waals surface area contributed by atoms with Gasteiger partial charge in [-0.2, -0.15) is 0 Å². The van der Waals surface area contributed by atoms with Crippen molar-refractivity contribution >= 4 is 5.91 Å². The molecule has 1 amide bonds. The number of hydrogen-bond donors (Lipinski definition) is 0. The standard InChI is InChI=1S/C12H23NO/c1-4-13(5-2)12(14)11-9-7-6-8-10(11)3/h10-11H,4-9H2,1-3H3/t10-,11+/m1/s1. The van der Waals surface area contributed by atoms with Gasteiger partial charge in [0.15, 0.2) is 0 Å². The summed E-state index contributed by atoms with van der Waals surface area (Å²) in [5.41, 5.74) is 0. The van der Waals surface area contributed by atoms with Gasteiger partial charge in [0.05, 0.1) is 0 Å². The van der Waals surface area contributed by atoms with Crippen molar-refractivity contribution in [3.63, 3.8) is 0 Å². The second-order valence-corrected chi connectivity index (χ2v) is 4.38. The van der Waals surface area contributed by atoms with Crippen LogP contribution < -0.4 is 0 Å². The van der Waals surface area contributed by atoms with E-state index in [0.717, 1.165) is 19.5 Å². The first kappa shape index (κ1) is 11.5. The van der Waals surface area contributed by atoms with Gasteiger partial charge in [-0.25, -0.2) is 0 Å². The smallest absolute Gasteiger partial charge is 0.225 e. The van der Waals surface area contributed by atoms with E-state index in [1.54, 1.807) is 0 Å². The third-order valence-electron chi connectivity index (χ3n) is 3.50. The predicted octanol–water partition coefficient (Wildman–Crippen LogP) is 2.68. The Bertz CT molecular complexity index is 187. The second kappa shape index (κ2) is 5.38. The van der Waals surface area contributed by atoms with E-state index in [4.69, 9.17) is 0 Å². The molecule has 0 unspecified atom stereocenters. The van der Waals surface area contributed by atoms with Gasteiger partial charge in [0.2, 0.25) is 5.91 Å². The lowest BCUT2D eigenvalue weighted by Crippen LogP contribution is -2.39. The van der Waals surface area contributed by atoms with Crippen LogP contribution in [0.25, 0.3) is 0 Å². The van der Waals surface area contributed by atoms with E-state index in [1.807, 2.05) is 4.90 Å². The molecule has 1 saturated carbocycles. The summed E-state index contributed by atoms with van der Waals surface area (Å²) in [5.74, 6) is 1.29. The first-order chi connectivity index (χ1) is 6.70. The zero-order valence-electron chi connectivity index (χ0n) is 9.75. The lowest BCUT2D eigenvalue weighted by molar-refractivity contribution is -0.137. The molecule has 0 aromatic rings. The highest BCUT2D eigenvalue weighted by Crippen LogP contribution is 2.30. The van der Waals surface area contributed by atoms with Crippen molar-refractivity contribution in [2.75, 3.05) is 13.1 Å². The second-order valence-electron chi connectivity index (χ2n) is 4.38. The van der Waals surface area contributed by atoms with Crippen LogP contribution in [-0.4, -0.2) is 23.9 Å². The maximum atomic E-state index is 12.1. The third-order valence-corrected chi connectivity index (χ3v) is 3.50. The average molecular weight is 197 g/mol. The van der Waals surface area contributed by atoms with Gasteiger partial charge in [-0.3, -0.25) is 4.79 Å². The maximum Gasteiger partial charge on any atom is 0.225 e. The van der Waals surface area contributed by atoms with Crippen LogP contribution in [0, 0.1) is 11.8 Å². The van der Waals surface area contributed by atoms with Crippen LogP contribution in [0.2, 0.25) is 0 Å². The minimum Gasteiger partial charge on any atom is -0.343 e. The van der Waals surface area contributed by atoms with Gasteiger partial charge in [0, 0.05) is 19.0 Å². The highest BCUT2D eigenvalue weighted by Gasteiger charge is 2.29. The van der Waals surface area contributed by atoms with Gasteiger partial charge in [-0.15, -0.1) is 0 Å². The van der Waals surface area contributed by atoms with Crippen LogP contribution in [0.1, 0.15) is 46.5 Å². The summed E-state index contributed by atoms with van der Waals surface area (Å²) < 4.78 is 0. The Kier molecular flexibility index (Phi) is 4.43. The lowest BCUT2D eigenvalue weighted by Gasteiger charge is -2.32. The predicted molar refractivity (Wildman–Crippen MR) is 59.1 cm³/mol. The molecule has 0 aliphatic heterocycles. The molecule has 2 atom stereocenters. The van der Waals surface area contributed by atoms with E-state index in [2.05, 4.69) is 20.8 Å². The van der Waals surface area contributed by atoms with Crippen LogP contribution in [0.5, 0.6) is 0 Å². The van der Waals surface area contributed by atoms with E-state index in [9.17, 15) is 4.79 Å². The minimum atomic E-state index is 0.309. The molecule has 2 nitrogen and oxygen atoms in total. The summed E-state index contributed by atoms with van der Waals surface area (Å²) in [5, 5.41) is 0. The van der Waals surface area contributed by atoms with Gasteiger partial charge < -0.3 is 4.90 Å². The summed E-state index contributed by atoms with van der Waals surface area (Å²) in [6.45, 7) is 8.08. The lowest BCUT2D eigenvalue weighted by atomic mass is 9.79. The summed E-state index contributed by atoms with van der Waals surface area (Å²) in [6.07, 6.45) is 4.89. The Balaban J connectivity index is 2.57. The van der Waals surface area contributed by atoms with Crippen LogP contribution in [0.4, 0.5) is 0 Å². The largest absolute Gasteiger partial charge is 0.343 e. The van der Waals surface area contributed by atoms with Crippen LogP contribution in [0.3, 0.4) is 0 Å². The number of carbonyl (C=O) groups excluding carboxylic acids is 1. The molecule has 1 fully saturated rings. The average Bonchev–Trinajstić information content (AvgIpc) is 2.20. The van der Waals surface area contributed by atoms with E-state index in [1.165, 1.54) is 19.3 Å². The molecule has 0 bridgehead atoms. The number of nitrogens with zero attached hydrogens (tertiary/aromatic N) is 1. The highest BCUT2D eigenvalue weighted by molar-refractivity contribution is 5.79. The van der Waals surface area contributed by atoms with Gasteiger partial charge in [-0.1, -0.05) is 19.8 Å². The number of hydrogen-bond acceptors (Lipinski definition) is 1. The van der Waals surface area contributed by atoms with Gasteiger partial charge in [-0.05, 0) is 32.6 Å². The fourth-order valence-corrected chi connectivity index (χ4v) is 2.45. The van der Waals surface area contributed by atoms with Crippen molar-refractivity contribution in [3.05, 3.63) is 0 Å². The fraction of sp³-hybridized carbons (Fsp3) is 0.917. The first-order valence-corrected chi connectivity index (χ1v) is 5.99. The summed E-state index contributed by atoms with van der Waals surface area (Å²) >= 11 is 0. The fourth-order valence-electron chi connectivity index (χ4n) is 2.45. The molecule has 1 aliphatic carbocycles. The number of amides is 1. The summed E-state index contributed by atoms with van der Waals surface area (Å²) in [6, 6.07) is 0. The normalized spacial score (nSPS) is 27.4. The first-order valence-electron chi connectivity index (χ1n) is 5.99. The van der Waals surface area contributed by atoms with Crippen molar-refractivity contribution in [1.82, 2.24) is 4.90 Å². The molecule has 0 aromatic heterocycles. The maximum absolute atomic E-state index is 12.1. The van der Waals surface area contributed by atoms with E-state index in [0.29, 0.717) is 17.7 Å². The topological polar surface area (TPSA) is 20.3 Å². The SMILES string of the molecule is CCN(CC)C(=O)[C@H]1CCCC[C@H]1C. The van der Waals surface area contributed by atoms with Crippen molar-refractivity contribution in [1.29, 1.82) is 0 Å². The quantitative estimate of drug-likeness (QED) is 0.681. The third kappa shape index (κ3) is 2.49. The monoisotopic (exact) mass is 197 g/mol. The Hall–Kier alpha value is -0.530. The van der Waals surface area contributed by atoms with Crippen LogP contribution >= 0.6 is 0 Å². The molecular formula is C12H23NO. The van der Waals surface area contributed by atoms with Crippen LogP contribution in [0.15, 0.2) is 0 Å². The van der Waals surface area contributed by atoms with Crippen molar-refractivity contribution < 1.29 is 4.79 Å². The van der Waals surface area contributed by atoms with Crippen molar-refractivity contribution in [2.45, 2.75) is 46.5 Å². The zero-order chi connectivity index (χ0) is 10.6. The molecular weight excluding hydrogens is 174 g/mol. The Morgan fingerprint density at radius 3 is 2.29 bits per heavy atom. The molecule has 2 heteroatoms. The van der Waals surface area contributed by atoms with Gasteiger partial charge in [0.25, 0.3) is 0 Å². The highest BCUT2D eigenvalue weighted by atomic mass is 16.2. The molecule has 0 aromatic carbocycles. The Morgan fingerprint density at radius 1 is 1.21 bits per heavy atom. The molecule has 0 saturated heterocycles.